The van der Waals surface area contributed by atoms with Gasteiger partial charge < -0.3 is 15.2 Å². The minimum absolute atomic E-state index is 0.00956. The summed E-state index contributed by atoms with van der Waals surface area (Å²) in [5.74, 6) is 0.654. The van der Waals surface area contributed by atoms with Crippen LogP contribution in [0.25, 0.3) is 6.08 Å². The van der Waals surface area contributed by atoms with Gasteiger partial charge in [-0.25, -0.2) is 0 Å². The third-order valence-electron chi connectivity index (χ3n) is 3.16. The summed E-state index contributed by atoms with van der Waals surface area (Å²) >= 11 is 0. The zero-order valence-corrected chi connectivity index (χ0v) is 11.1. The zero-order chi connectivity index (χ0) is 13.7. The lowest BCUT2D eigenvalue weighted by Crippen LogP contribution is -2.38. The number of aliphatic hydroxyl groups is 1. The zero-order valence-electron chi connectivity index (χ0n) is 11.1. The van der Waals surface area contributed by atoms with Gasteiger partial charge >= 0.3 is 0 Å². The number of rotatable bonds is 6. The number of amides is 1. The van der Waals surface area contributed by atoms with Crippen LogP contribution >= 0.6 is 0 Å². The molecule has 1 aromatic carbocycles. The van der Waals surface area contributed by atoms with Crippen LogP contribution in [0.4, 0.5) is 0 Å². The first kappa shape index (κ1) is 13.6. The second-order valence-corrected chi connectivity index (χ2v) is 4.76. The Morgan fingerprint density at radius 3 is 2.63 bits per heavy atom. The number of ether oxygens (including phenoxy) is 1. The average molecular weight is 261 g/mol. The van der Waals surface area contributed by atoms with Crippen LogP contribution < -0.4 is 10.1 Å². The van der Waals surface area contributed by atoms with Crippen molar-refractivity contribution in [2.45, 2.75) is 25.3 Å². The fourth-order valence-electron chi connectivity index (χ4n) is 1.79. The Morgan fingerprint density at radius 2 is 2.11 bits per heavy atom. The first-order valence-electron chi connectivity index (χ1n) is 6.51. The molecule has 0 saturated heterocycles. The highest BCUT2D eigenvalue weighted by molar-refractivity contribution is 5.92. The SMILES string of the molecule is CCOc1ccc(/C=C/C(=O)NC2(CO)CC2)cc1. The number of carbonyl (C=O) groups excluding carboxylic acids is 1. The van der Waals surface area contributed by atoms with Gasteiger partial charge in [-0.2, -0.15) is 0 Å². The highest BCUT2D eigenvalue weighted by atomic mass is 16.5. The molecule has 102 valence electrons. The highest BCUT2D eigenvalue weighted by Gasteiger charge is 2.42. The van der Waals surface area contributed by atoms with Crippen molar-refractivity contribution in [2.75, 3.05) is 13.2 Å². The number of aliphatic hydroxyl groups excluding tert-OH is 1. The number of hydrogen-bond acceptors (Lipinski definition) is 3. The van der Waals surface area contributed by atoms with Crippen molar-refractivity contribution in [3.8, 4) is 5.75 Å². The Hall–Kier alpha value is -1.81. The van der Waals surface area contributed by atoms with Gasteiger partial charge in [0.15, 0.2) is 0 Å². The highest BCUT2D eigenvalue weighted by Crippen LogP contribution is 2.34. The molecule has 4 nitrogen and oxygen atoms in total. The predicted octanol–water partition coefficient (Wildman–Crippen LogP) is 1.74. The molecule has 2 rings (SSSR count). The van der Waals surface area contributed by atoms with Crippen LogP contribution in [0, 0.1) is 0 Å². The third-order valence-corrected chi connectivity index (χ3v) is 3.16. The molecule has 0 radical (unpaired) electrons. The smallest absolute Gasteiger partial charge is 0.244 e. The van der Waals surface area contributed by atoms with Crippen LogP contribution in [0.15, 0.2) is 30.3 Å². The van der Waals surface area contributed by atoms with Gasteiger partial charge in [0.25, 0.3) is 0 Å². The molecule has 0 spiro atoms. The normalized spacial score (nSPS) is 16.3. The van der Waals surface area contributed by atoms with Gasteiger partial charge in [0.05, 0.1) is 18.8 Å². The average Bonchev–Trinajstić information content (AvgIpc) is 3.19. The molecule has 0 unspecified atom stereocenters. The Balaban J connectivity index is 1.89. The summed E-state index contributed by atoms with van der Waals surface area (Å²) in [4.78, 5) is 11.7. The molecule has 1 aliphatic rings. The van der Waals surface area contributed by atoms with E-state index in [9.17, 15) is 4.79 Å². The predicted molar refractivity (Wildman–Crippen MR) is 73.8 cm³/mol. The molecule has 1 aromatic rings. The van der Waals surface area contributed by atoms with Crippen LogP contribution in [0.2, 0.25) is 0 Å². The van der Waals surface area contributed by atoms with E-state index in [-0.39, 0.29) is 18.1 Å². The van der Waals surface area contributed by atoms with E-state index in [2.05, 4.69) is 5.32 Å². The van der Waals surface area contributed by atoms with E-state index in [1.807, 2.05) is 31.2 Å². The molecule has 4 heteroatoms. The van der Waals surface area contributed by atoms with E-state index >= 15 is 0 Å². The molecule has 1 amide bonds. The maximum Gasteiger partial charge on any atom is 0.244 e. The van der Waals surface area contributed by atoms with Gasteiger partial charge in [-0.3, -0.25) is 4.79 Å². The topological polar surface area (TPSA) is 58.6 Å². The molecule has 0 aromatic heterocycles. The molecule has 1 saturated carbocycles. The summed E-state index contributed by atoms with van der Waals surface area (Å²) in [5, 5.41) is 11.9. The monoisotopic (exact) mass is 261 g/mol. The molecule has 0 bridgehead atoms. The van der Waals surface area contributed by atoms with E-state index in [0.717, 1.165) is 24.2 Å². The lowest BCUT2D eigenvalue weighted by molar-refractivity contribution is -0.117. The molecule has 0 heterocycles. The fraction of sp³-hybridized carbons (Fsp3) is 0.400. The molecule has 1 aliphatic carbocycles. The number of benzene rings is 1. The number of nitrogens with one attached hydrogen (secondary N) is 1. The largest absolute Gasteiger partial charge is 0.494 e. The van der Waals surface area contributed by atoms with Crippen molar-refractivity contribution < 1.29 is 14.6 Å². The first-order valence-corrected chi connectivity index (χ1v) is 6.51. The number of carbonyl (C=O) groups is 1. The molecular weight excluding hydrogens is 242 g/mol. The lowest BCUT2D eigenvalue weighted by atomic mass is 10.2. The van der Waals surface area contributed by atoms with E-state index in [1.165, 1.54) is 6.08 Å². The summed E-state index contributed by atoms with van der Waals surface area (Å²) in [6.45, 7) is 2.59. The van der Waals surface area contributed by atoms with Crippen LogP contribution in [-0.2, 0) is 4.79 Å². The van der Waals surface area contributed by atoms with Crippen LogP contribution in [-0.4, -0.2) is 29.8 Å². The van der Waals surface area contributed by atoms with Crippen LogP contribution in [0.1, 0.15) is 25.3 Å². The standard InChI is InChI=1S/C15H19NO3/c1-2-19-13-6-3-12(4-7-13)5-8-14(18)16-15(11-17)9-10-15/h3-8,17H,2,9-11H2,1H3,(H,16,18)/b8-5+. The van der Waals surface area contributed by atoms with Gasteiger partial charge in [0.1, 0.15) is 5.75 Å². The third kappa shape index (κ3) is 3.83. The summed E-state index contributed by atoms with van der Waals surface area (Å²) in [5.41, 5.74) is 0.577. The van der Waals surface area contributed by atoms with Crippen molar-refractivity contribution in [3.63, 3.8) is 0 Å². The Bertz CT molecular complexity index is 461. The second kappa shape index (κ2) is 5.89. The van der Waals surface area contributed by atoms with E-state index in [4.69, 9.17) is 9.84 Å². The summed E-state index contributed by atoms with van der Waals surface area (Å²) in [6.07, 6.45) is 4.95. The summed E-state index contributed by atoms with van der Waals surface area (Å²) in [6, 6.07) is 7.54. The Kier molecular flexibility index (Phi) is 4.22. The fourth-order valence-corrected chi connectivity index (χ4v) is 1.79. The van der Waals surface area contributed by atoms with Gasteiger partial charge in [0.2, 0.25) is 5.91 Å². The maximum atomic E-state index is 11.7. The van der Waals surface area contributed by atoms with E-state index < -0.39 is 0 Å². The van der Waals surface area contributed by atoms with Gasteiger partial charge in [-0.05, 0) is 43.5 Å². The minimum Gasteiger partial charge on any atom is -0.494 e. The second-order valence-electron chi connectivity index (χ2n) is 4.76. The van der Waals surface area contributed by atoms with Gasteiger partial charge in [-0.1, -0.05) is 12.1 Å². The number of hydrogen-bond donors (Lipinski definition) is 2. The van der Waals surface area contributed by atoms with Gasteiger partial charge in [0, 0.05) is 6.08 Å². The molecule has 0 aliphatic heterocycles. The summed E-state index contributed by atoms with van der Waals surface area (Å²) in [7, 11) is 0. The molecule has 0 atom stereocenters. The van der Waals surface area contributed by atoms with Gasteiger partial charge in [-0.15, -0.1) is 0 Å². The molecule has 2 N–H and O–H groups in total. The quantitative estimate of drug-likeness (QED) is 0.767. The van der Waals surface area contributed by atoms with E-state index in [1.54, 1.807) is 6.08 Å². The lowest BCUT2D eigenvalue weighted by Gasteiger charge is -2.11. The summed E-state index contributed by atoms with van der Waals surface area (Å²) < 4.78 is 5.34. The van der Waals surface area contributed by atoms with Crippen LogP contribution in [0.3, 0.4) is 0 Å². The van der Waals surface area contributed by atoms with Crippen molar-refractivity contribution in [1.29, 1.82) is 0 Å². The molecule has 1 fully saturated rings. The first-order chi connectivity index (χ1) is 9.17. The van der Waals surface area contributed by atoms with Crippen molar-refractivity contribution in [3.05, 3.63) is 35.9 Å². The van der Waals surface area contributed by atoms with E-state index in [0.29, 0.717) is 6.61 Å². The maximum absolute atomic E-state index is 11.7. The van der Waals surface area contributed by atoms with Crippen LogP contribution in [0.5, 0.6) is 5.75 Å². The Labute approximate surface area is 113 Å². The van der Waals surface area contributed by atoms with Crippen molar-refractivity contribution in [2.24, 2.45) is 0 Å². The molecule has 19 heavy (non-hydrogen) atoms. The Morgan fingerprint density at radius 1 is 1.42 bits per heavy atom. The van der Waals surface area contributed by atoms with Crippen molar-refractivity contribution in [1.82, 2.24) is 5.32 Å². The van der Waals surface area contributed by atoms with Crippen molar-refractivity contribution >= 4 is 12.0 Å². The minimum atomic E-state index is -0.361. The molecular formula is C15H19NO3.